The van der Waals surface area contributed by atoms with Crippen LogP contribution in [0.3, 0.4) is 0 Å². The normalized spacial score (nSPS) is 12.9. The van der Waals surface area contributed by atoms with E-state index in [1.54, 1.807) is 31.9 Å². The second kappa shape index (κ2) is 8.33. The minimum absolute atomic E-state index is 0.0334. The Hall–Kier alpha value is -1.82. The predicted molar refractivity (Wildman–Crippen MR) is 94.7 cm³/mol. The molecule has 1 aromatic heterocycles. The summed E-state index contributed by atoms with van der Waals surface area (Å²) in [4.78, 5) is 26.1. The highest BCUT2D eigenvalue weighted by molar-refractivity contribution is 6.31. The lowest BCUT2D eigenvalue weighted by Gasteiger charge is -2.32. The Morgan fingerprint density at radius 1 is 1.21 bits per heavy atom. The van der Waals surface area contributed by atoms with E-state index in [1.807, 2.05) is 27.7 Å². The van der Waals surface area contributed by atoms with Crippen LogP contribution in [0.2, 0.25) is 5.15 Å². The van der Waals surface area contributed by atoms with Crippen LogP contribution in [0, 0.1) is 6.92 Å². The van der Waals surface area contributed by atoms with Gasteiger partial charge in [-0.1, -0.05) is 11.6 Å². The van der Waals surface area contributed by atoms with E-state index in [9.17, 15) is 9.59 Å². The number of aromatic nitrogens is 2. The zero-order valence-electron chi connectivity index (χ0n) is 15.3. The highest BCUT2D eigenvalue weighted by Gasteiger charge is 2.27. The number of carbonyl (C=O) groups excluding carboxylic acids is 2. The Morgan fingerprint density at radius 2 is 1.75 bits per heavy atom. The van der Waals surface area contributed by atoms with Gasteiger partial charge >= 0.3 is 5.97 Å². The first-order chi connectivity index (χ1) is 11.1. The van der Waals surface area contributed by atoms with Crippen LogP contribution in [0.25, 0.3) is 6.08 Å². The molecule has 0 saturated heterocycles. The van der Waals surface area contributed by atoms with Crippen molar-refractivity contribution in [3.8, 4) is 0 Å². The molecule has 0 saturated carbocycles. The third-order valence-corrected chi connectivity index (χ3v) is 4.04. The summed E-state index contributed by atoms with van der Waals surface area (Å²) in [5.74, 6) is -0.806. The van der Waals surface area contributed by atoms with Gasteiger partial charge < -0.3 is 9.64 Å². The molecule has 6 nitrogen and oxygen atoms in total. The lowest BCUT2D eigenvalue weighted by Crippen LogP contribution is -2.47. The maximum Gasteiger partial charge on any atom is 0.331 e. The molecule has 0 N–H and O–H groups in total. The fourth-order valence-electron chi connectivity index (χ4n) is 2.57. The molecule has 0 aromatic carbocycles. The Balaban J connectivity index is 2.76. The molecular formula is C17H26ClN3O3. The first-order valence-corrected chi connectivity index (χ1v) is 8.34. The average molecular weight is 356 g/mol. The van der Waals surface area contributed by atoms with Crippen molar-refractivity contribution in [1.82, 2.24) is 14.7 Å². The fraction of sp³-hybridized carbons (Fsp3) is 0.588. The standard InChI is InChI=1S/C17H26ClN3O3/c1-10(2)21(11(3)4)17(23)13(6)24-15(22)9-8-14-12(5)19-20(7)16(14)18/h8-11,13H,1-7H3/b9-8+. The molecule has 0 aliphatic carbocycles. The molecule has 0 radical (unpaired) electrons. The molecule has 134 valence electrons. The highest BCUT2D eigenvalue weighted by Crippen LogP contribution is 2.20. The van der Waals surface area contributed by atoms with Crippen molar-refractivity contribution in [3.05, 3.63) is 22.5 Å². The number of ether oxygens (including phenoxy) is 1. The third-order valence-electron chi connectivity index (χ3n) is 3.59. The molecule has 1 aromatic rings. The number of rotatable bonds is 6. The van der Waals surface area contributed by atoms with Crippen LogP contribution in [0.4, 0.5) is 0 Å². The average Bonchev–Trinajstić information content (AvgIpc) is 2.69. The molecule has 24 heavy (non-hydrogen) atoms. The van der Waals surface area contributed by atoms with Crippen LogP contribution in [0.5, 0.6) is 0 Å². The van der Waals surface area contributed by atoms with Gasteiger partial charge in [0.15, 0.2) is 6.10 Å². The molecule has 1 atom stereocenters. The van der Waals surface area contributed by atoms with E-state index < -0.39 is 12.1 Å². The zero-order valence-corrected chi connectivity index (χ0v) is 16.1. The van der Waals surface area contributed by atoms with E-state index in [4.69, 9.17) is 16.3 Å². The van der Waals surface area contributed by atoms with E-state index in [0.29, 0.717) is 16.4 Å². The van der Waals surface area contributed by atoms with E-state index in [1.165, 1.54) is 10.8 Å². The number of esters is 1. The van der Waals surface area contributed by atoms with Gasteiger partial charge in [-0.3, -0.25) is 9.48 Å². The Labute approximate surface area is 148 Å². The summed E-state index contributed by atoms with van der Waals surface area (Å²) in [6, 6.07) is 0.0667. The maximum absolute atomic E-state index is 12.4. The van der Waals surface area contributed by atoms with Gasteiger partial charge in [-0.05, 0) is 47.6 Å². The Bertz CT molecular complexity index is 627. The first-order valence-electron chi connectivity index (χ1n) is 7.96. The van der Waals surface area contributed by atoms with Crippen molar-refractivity contribution < 1.29 is 14.3 Å². The van der Waals surface area contributed by atoms with Crippen molar-refractivity contribution >= 4 is 29.6 Å². The summed E-state index contributed by atoms with van der Waals surface area (Å²) in [6.45, 7) is 11.1. The first kappa shape index (κ1) is 20.2. The van der Waals surface area contributed by atoms with Crippen molar-refractivity contribution in [2.75, 3.05) is 0 Å². The molecule has 0 spiro atoms. The largest absolute Gasteiger partial charge is 0.449 e. The SMILES string of the molecule is Cc1nn(C)c(Cl)c1/C=C/C(=O)OC(C)C(=O)N(C(C)C)C(C)C. The molecule has 1 rings (SSSR count). The van der Waals surface area contributed by atoms with Crippen LogP contribution in [0.1, 0.15) is 45.9 Å². The van der Waals surface area contributed by atoms with Gasteiger partial charge in [0.05, 0.1) is 5.69 Å². The number of carbonyl (C=O) groups is 2. The van der Waals surface area contributed by atoms with Crippen molar-refractivity contribution in [2.45, 2.75) is 59.7 Å². The van der Waals surface area contributed by atoms with Gasteiger partial charge in [0.2, 0.25) is 0 Å². The molecule has 1 heterocycles. The molecule has 1 unspecified atom stereocenters. The number of nitrogens with zero attached hydrogens (tertiary/aromatic N) is 3. The minimum Gasteiger partial charge on any atom is -0.449 e. The predicted octanol–water partition coefficient (Wildman–Crippen LogP) is 2.97. The van der Waals surface area contributed by atoms with Crippen LogP contribution in [0.15, 0.2) is 6.08 Å². The monoisotopic (exact) mass is 355 g/mol. The molecular weight excluding hydrogens is 330 g/mol. The molecule has 0 fully saturated rings. The smallest absolute Gasteiger partial charge is 0.331 e. The minimum atomic E-state index is -0.850. The summed E-state index contributed by atoms with van der Waals surface area (Å²) < 4.78 is 6.74. The number of halogens is 1. The number of amides is 1. The molecule has 0 bridgehead atoms. The molecule has 1 amide bonds. The summed E-state index contributed by atoms with van der Waals surface area (Å²) >= 11 is 6.10. The lowest BCUT2D eigenvalue weighted by atomic mass is 10.2. The zero-order chi connectivity index (χ0) is 18.6. The molecule has 0 aliphatic heterocycles. The highest BCUT2D eigenvalue weighted by atomic mass is 35.5. The second-order valence-electron chi connectivity index (χ2n) is 6.26. The fourth-order valence-corrected chi connectivity index (χ4v) is 2.80. The van der Waals surface area contributed by atoms with E-state index in [-0.39, 0.29) is 18.0 Å². The third kappa shape index (κ3) is 4.84. The lowest BCUT2D eigenvalue weighted by molar-refractivity contribution is -0.157. The quantitative estimate of drug-likeness (QED) is 0.581. The number of hydrogen-bond donors (Lipinski definition) is 0. The number of aryl methyl sites for hydroxylation is 2. The second-order valence-corrected chi connectivity index (χ2v) is 6.62. The maximum atomic E-state index is 12.4. The molecule has 0 aliphatic rings. The van der Waals surface area contributed by atoms with Crippen LogP contribution in [-0.2, 0) is 21.4 Å². The topological polar surface area (TPSA) is 64.4 Å². The number of hydrogen-bond acceptors (Lipinski definition) is 4. The van der Waals surface area contributed by atoms with Gasteiger partial charge in [0.25, 0.3) is 5.91 Å². The van der Waals surface area contributed by atoms with Gasteiger partial charge in [0, 0.05) is 30.8 Å². The molecule has 7 heteroatoms. The van der Waals surface area contributed by atoms with Crippen LogP contribution in [-0.4, -0.2) is 44.7 Å². The summed E-state index contributed by atoms with van der Waals surface area (Å²) in [5.41, 5.74) is 1.36. The summed E-state index contributed by atoms with van der Waals surface area (Å²) in [7, 11) is 1.72. The summed E-state index contributed by atoms with van der Waals surface area (Å²) in [6.07, 6.45) is 1.96. The van der Waals surface area contributed by atoms with Crippen molar-refractivity contribution in [1.29, 1.82) is 0 Å². The van der Waals surface area contributed by atoms with E-state index >= 15 is 0 Å². The van der Waals surface area contributed by atoms with Crippen molar-refractivity contribution in [3.63, 3.8) is 0 Å². The van der Waals surface area contributed by atoms with Gasteiger partial charge in [-0.25, -0.2) is 4.79 Å². The van der Waals surface area contributed by atoms with E-state index in [0.717, 1.165) is 0 Å². The summed E-state index contributed by atoms with van der Waals surface area (Å²) in [5, 5.41) is 4.60. The van der Waals surface area contributed by atoms with Crippen LogP contribution < -0.4 is 0 Å². The van der Waals surface area contributed by atoms with Gasteiger partial charge in [-0.2, -0.15) is 5.10 Å². The van der Waals surface area contributed by atoms with E-state index in [2.05, 4.69) is 5.10 Å². The Morgan fingerprint density at radius 3 is 2.17 bits per heavy atom. The van der Waals surface area contributed by atoms with Gasteiger partial charge in [0.1, 0.15) is 5.15 Å². The van der Waals surface area contributed by atoms with Crippen LogP contribution >= 0.6 is 11.6 Å². The van der Waals surface area contributed by atoms with Crippen molar-refractivity contribution in [2.24, 2.45) is 7.05 Å². The van der Waals surface area contributed by atoms with Gasteiger partial charge in [-0.15, -0.1) is 0 Å². The Kier molecular flexibility index (Phi) is 7.02.